The third-order valence-electron chi connectivity index (χ3n) is 4.85. The zero-order valence-corrected chi connectivity index (χ0v) is 13.9. The van der Waals surface area contributed by atoms with Gasteiger partial charge in [-0.25, -0.2) is 9.37 Å². The van der Waals surface area contributed by atoms with Gasteiger partial charge < -0.3 is 14.7 Å². The summed E-state index contributed by atoms with van der Waals surface area (Å²) in [5.41, 5.74) is 0. The highest BCUT2D eigenvalue weighted by molar-refractivity contribution is 7.98. The smallest absolute Gasteiger partial charge is 0.376 e. The van der Waals surface area contributed by atoms with Gasteiger partial charge in [0.05, 0.1) is 12.2 Å². The van der Waals surface area contributed by atoms with Gasteiger partial charge in [-0.05, 0) is 32.3 Å². The van der Waals surface area contributed by atoms with E-state index < -0.39 is 13.2 Å². The van der Waals surface area contributed by atoms with Crippen molar-refractivity contribution in [3.05, 3.63) is 6.20 Å². The number of nitrogens with zero attached hydrogens (tertiary/aromatic N) is 5. The summed E-state index contributed by atoms with van der Waals surface area (Å²) in [5, 5.41) is 18.7. The molecule has 3 rings (SSSR count). The number of anilines is 1. The van der Waals surface area contributed by atoms with Crippen LogP contribution >= 0.6 is 11.8 Å². The predicted octanol–water partition coefficient (Wildman–Crippen LogP) is 1.08. The van der Waals surface area contributed by atoms with Gasteiger partial charge in [0, 0.05) is 19.1 Å². The average Bonchev–Trinajstić information content (AvgIpc) is 2.88. The van der Waals surface area contributed by atoms with Crippen molar-refractivity contribution in [3.63, 3.8) is 0 Å². The normalized spacial score (nSPS) is 31.3. The van der Waals surface area contributed by atoms with Crippen LogP contribution in [0.15, 0.2) is 11.4 Å². The maximum atomic E-state index is 15.0. The fourth-order valence-electron chi connectivity index (χ4n) is 3.80. The van der Waals surface area contributed by atoms with Crippen LogP contribution in [0.25, 0.3) is 0 Å². The van der Waals surface area contributed by atoms with Crippen molar-refractivity contribution in [2.75, 3.05) is 18.2 Å². The Hall–Kier alpha value is -0.925. The number of alkyl halides is 1. The molecule has 2 aliphatic rings. The molecule has 0 saturated carbocycles. The second-order valence-electron chi connectivity index (χ2n) is 6.04. The Morgan fingerprint density at radius 1 is 1.45 bits per heavy atom. The minimum atomic E-state index is -1.01. The monoisotopic (exact) mass is 325 g/mol. The first-order chi connectivity index (χ1) is 10.5. The molecule has 2 aliphatic heterocycles. The minimum Gasteiger partial charge on any atom is -0.437 e. The van der Waals surface area contributed by atoms with Crippen LogP contribution in [0.1, 0.15) is 19.3 Å². The van der Waals surface area contributed by atoms with Gasteiger partial charge in [0.2, 0.25) is 5.16 Å². The Labute approximate surface area is 134 Å². The van der Waals surface area contributed by atoms with Crippen LogP contribution in [0, 0.1) is 0 Å². The second-order valence-corrected chi connectivity index (χ2v) is 6.81. The molecular weight excluding hydrogens is 304 g/mol. The molecule has 9 heteroatoms. The number of aromatic nitrogens is 3. The average molecular weight is 325 g/mol. The van der Waals surface area contributed by atoms with Crippen LogP contribution in [0.3, 0.4) is 0 Å². The molecule has 0 aromatic carbocycles. The fraction of sp³-hybridized carbons (Fsp3) is 0.769. The van der Waals surface area contributed by atoms with E-state index >= 15 is 0 Å². The number of rotatable bonds is 4. The Morgan fingerprint density at radius 3 is 2.82 bits per heavy atom. The molecule has 0 aliphatic carbocycles. The minimum absolute atomic E-state index is 0.211. The van der Waals surface area contributed by atoms with Gasteiger partial charge >= 0.3 is 7.05 Å². The maximum absolute atomic E-state index is 15.0. The van der Waals surface area contributed by atoms with Crippen molar-refractivity contribution in [1.29, 1.82) is 0 Å². The summed E-state index contributed by atoms with van der Waals surface area (Å²) in [6.45, 7) is 1.72. The lowest BCUT2D eigenvalue weighted by atomic mass is 9.78. The van der Waals surface area contributed by atoms with Gasteiger partial charge in [-0.3, -0.25) is 0 Å². The number of hydrogen-bond donors (Lipinski definition) is 1. The predicted molar refractivity (Wildman–Crippen MR) is 85.8 cm³/mol. The maximum Gasteiger partial charge on any atom is 0.376 e. The zero-order chi connectivity index (χ0) is 15.9. The largest absolute Gasteiger partial charge is 0.437 e. The first-order valence-electron chi connectivity index (χ1n) is 7.59. The Morgan fingerprint density at radius 2 is 2.23 bits per heavy atom. The Kier molecular flexibility index (Phi) is 4.56. The van der Waals surface area contributed by atoms with Gasteiger partial charge in [-0.15, -0.1) is 10.2 Å². The van der Waals surface area contributed by atoms with Crippen molar-refractivity contribution >= 4 is 24.6 Å². The highest BCUT2D eigenvalue weighted by Crippen LogP contribution is 2.40. The van der Waals surface area contributed by atoms with Crippen molar-refractivity contribution < 1.29 is 9.41 Å². The molecule has 2 saturated heterocycles. The third-order valence-corrected chi connectivity index (χ3v) is 5.40. The first-order valence-corrected chi connectivity index (χ1v) is 8.81. The van der Waals surface area contributed by atoms with Crippen molar-refractivity contribution in [1.82, 2.24) is 20.0 Å². The lowest BCUT2D eigenvalue weighted by Gasteiger charge is -2.45. The number of piperidine rings is 1. The summed E-state index contributed by atoms with van der Waals surface area (Å²) in [4.78, 5) is 7.98. The number of thioether (sulfide) groups is 1. The van der Waals surface area contributed by atoms with E-state index in [0.29, 0.717) is 17.4 Å². The van der Waals surface area contributed by atoms with E-state index in [1.165, 1.54) is 11.8 Å². The lowest BCUT2D eigenvalue weighted by Crippen LogP contribution is -2.60. The van der Waals surface area contributed by atoms with Gasteiger partial charge in [-0.1, -0.05) is 11.8 Å². The molecule has 2 unspecified atom stereocenters. The molecule has 1 N–H and O–H groups in total. The van der Waals surface area contributed by atoms with E-state index in [1.807, 2.05) is 23.0 Å². The van der Waals surface area contributed by atoms with Gasteiger partial charge in [0.15, 0.2) is 5.82 Å². The molecule has 2 bridgehead atoms. The van der Waals surface area contributed by atoms with Crippen LogP contribution in [-0.2, 0) is 0 Å². The van der Waals surface area contributed by atoms with Gasteiger partial charge in [0.1, 0.15) is 6.17 Å². The number of halogens is 1. The van der Waals surface area contributed by atoms with Crippen LogP contribution in [0.2, 0.25) is 6.82 Å². The lowest BCUT2D eigenvalue weighted by molar-refractivity contribution is 0.0962. The zero-order valence-electron chi connectivity index (χ0n) is 13.1. The number of hydrogen-bond acceptors (Lipinski definition) is 7. The van der Waals surface area contributed by atoms with Crippen LogP contribution in [-0.4, -0.2) is 69.7 Å². The molecule has 0 radical (unpaired) electrons. The van der Waals surface area contributed by atoms with E-state index in [1.54, 1.807) is 13.0 Å². The summed E-state index contributed by atoms with van der Waals surface area (Å²) in [7, 11) is 1.25. The molecule has 1 aromatic heterocycles. The fourth-order valence-corrected chi connectivity index (χ4v) is 4.08. The quantitative estimate of drug-likeness (QED) is 0.656. The molecule has 0 amide bonds. The molecule has 22 heavy (non-hydrogen) atoms. The van der Waals surface area contributed by atoms with E-state index in [9.17, 15) is 9.41 Å². The molecule has 3 heterocycles. The van der Waals surface area contributed by atoms with Gasteiger partial charge in [0.25, 0.3) is 0 Å². The molecule has 6 nitrogen and oxygen atoms in total. The van der Waals surface area contributed by atoms with Gasteiger partial charge in [-0.2, -0.15) is 0 Å². The van der Waals surface area contributed by atoms with Crippen molar-refractivity contribution in [2.45, 2.75) is 55.5 Å². The number of fused-ring (bicyclic) bond motifs is 2. The molecule has 120 valence electrons. The van der Waals surface area contributed by atoms with Crippen LogP contribution < -0.4 is 4.90 Å². The highest BCUT2D eigenvalue weighted by Gasteiger charge is 2.51. The van der Waals surface area contributed by atoms with Crippen LogP contribution in [0.4, 0.5) is 10.2 Å². The van der Waals surface area contributed by atoms with Crippen molar-refractivity contribution in [3.8, 4) is 0 Å². The molecule has 2 fully saturated rings. The van der Waals surface area contributed by atoms with E-state index in [2.05, 4.69) is 15.2 Å². The Bertz CT molecular complexity index is 522. The summed E-state index contributed by atoms with van der Waals surface area (Å²) in [6, 6.07) is -0.225. The summed E-state index contributed by atoms with van der Waals surface area (Å²) >= 11 is 1.43. The first kappa shape index (κ1) is 16.0. The summed E-state index contributed by atoms with van der Waals surface area (Å²) < 4.78 is 15.0. The molecule has 1 aromatic rings. The second kappa shape index (κ2) is 6.29. The molecule has 4 atom stereocenters. The topological polar surface area (TPSA) is 65.4 Å². The third kappa shape index (κ3) is 2.70. The molecule has 0 spiro atoms. The summed E-state index contributed by atoms with van der Waals surface area (Å²) in [6.07, 6.45) is 4.95. The van der Waals surface area contributed by atoms with Crippen molar-refractivity contribution in [2.24, 2.45) is 0 Å². The van der Waals surface area contributed by atoms with E-state index in [4.69, 9.17) is 0 Å². The standard InChI is InChI=1S/C13H21BFN5OS/c1-14(21)20-8-4-5-9(20)12(15)10(6-8)19(2)11-7-16-13(22-3)18-17-11/h7-10,12,21H,4-6H2,1-3H3/t8?,9?,10-,12+/m1/s1. The molecular formula is C13H21BFN5OS. The SMILES string of the molecule is CSc1ncc(N(C)[C@@H]2CC3CCC([C@@H]2F)N3B(C)O)nn1. The summed E-state index contributed by atoms with van der Waals surface area (Å²) in [5.74, 6) is 0.593. The Balaban J connectivity index is 1.77. The van der Waals surface area contributed by atoms with E-state index in [-0.39, 0.29) is 18.1 Å². The van der Waals surface area contributed by atoms with E-state index in [0.717, 1.165) is 12.8 Å². The highest BCUT2D eigenvalue weighted by atomic mass is 32.2. The van der Waals surface area contributed by atoms with Crippen LogP contribution in [0.5, 0.6) is 0 Å².